The van der Waals surface area contributed by atoms with Gasteiger partial charge in [0.1, 0.15) is 0 Å². The van der Waals surface area contributed by atoms with Crippen LogP contribution in [0.2, 0.25) is 0 Å². The summed E-state index contributed by atoms with van der Waals surface area (Å²) in [6, 6.07) is 14.6. The lowest BCUT2D eigenvalue weighted by molar-refractivity contribution is 0.0486. The van der Waals surface area contributed by atoms with Gasteiger partial charge in [-0.3, -0.25) is 0 Å². The molecule has 0 amide bonds. The molecule has 0 saturated carbocycles. The van der Waals surface area contributed by atoms with Gasteiger partial charge in [0.2, 0.25) is 0 Å². The standard InChI is InChI=1S/C30H42O4/c1-3-5-7-9-11-17-23-33-29(31)27-21-15-13-19-25(27)26-20-14-16-22-28(26)30(32)34-24-18-12-10-8-6-4-2/h13-16,19-22H,3-12,17-18,23-24H2,1-2H3. The summed E-state index contributed by atoms with van der Waals surface area (Å²) in [7, 11) is 0. The number of carbonyl (C=O) groups excluding carboxylic acids is 2. The van der Waals surface area contributed by atoms with Crippen molar-refractivity contribution >= 4 is 11.9 Å². The molecule has 2 aromatic rings. The molecule has 186 valence electrons. The molecule has 2 rings (SSSR count). The molecule has 0 radical (unpaired) electrons. The van der Waals surface area contributed by atoms with E-state index < -0.39 is 0 Å². The second-order valence-electron chi connectivity index (χ2n) is 8.90. The molecule has 0 heterocycles. The van der Waals surface area contributed by atoms with E-state index in [1.54, 1.807) is 12.1 Å². The molecule has 0 aliphatic carbocycles. The Morgan fingerprint density at radius 3 is 1.29 bits per heavy atom. The fourth-order valence-corrected chi connectivity index (χ4v) is 4.04. The molecule has 0 bridgehead atoms. The van der Waals surface area contributed by atoms with Crippen LogP contribution >= 0.6 is 0 Å². The third kappa shape index (κ3) is 9.70. The maximum atomic E-state index is 12.8. The van der Waals surface area contributed by atoms with Gasteiger partial charge >= 0.3 is 11.9 Å². The molecular formula is C30H42O4. The molecule has 0 atom stereocenters. The topological polar surface area (TPSA) is 52.6 Å². The Kier molecular flexibility index (Phi) is 13.7. The predicted octanol–water partition coefficient (Wildman–Crippen LogP) is 8.39. The van der Waals surface area contributed by atoms with E-state index in [4.69, 9.17) is 9.47 Å². The van der Waals surface area contributed by atoms with Crippen LogP contribution in [0.1, 0.15) is 112 Å². The fourth-order valence-electron chi connectivity index (χ4n) is 4.04. The van der Waals surface area contributed by atoms with Crippen LogP contribution in [0.15, 0.2) is 48.5 Å². The average Bonchev–Trinajstić information content (AvgIpc) is 2.87. The number of hydrogen-bond donors (Lipinski definition) is 0. The molecule has 34 heavy (non-hydrogen) atoms. The number of carbonyl (C=O) groups is 2. The number of unbranched alkanes of at least 4 members (excludes halogenated alkanes) is 10. The summed E-state index contributed by atoms with van der Waals surface area (Å²) in [4.78, 5) is 25.7. The Balaban J connectivity index is 1.97. The maximum absolute atomic E-state index is 12.8. The van der Waals surface area contributed by atoms with Gasteiger partial charge in [-0.2, -0.15) is 0 Å². The third-order valence-electron chi connectivity index (χ3n) is 6.05. The fraction of sp³-hybridized carbons (Fsp3) is 0.533. The molecule has 4 heteroatoms. The first kappa shape index (κ1) is 27.6. The van der Waals surface area contributed by atoms with E-state index in [1.807, 2.05) is 36.4 Å². The smallest absolute Gasteiger partial charge is 0.338 e. The molecule has 0 N–H and O–H groups in total. The lowest BCUT2D eigenvalue weighted by Gasteiger charge is -2.13. The van der Waals surface area contributed by atoms with Crippen molar-refractivity contribution in [3.8, 4) is 11.1 Å². The summed E-state index contributed by atoms with van der Waals surface area (Å²) in [6.45, 7) is 5.24. The van der Waals surface area contributed by atoms with Gasteiger partial charge in [-0.1, -0.05) is 114 Å². The first-order valence-corrected chi connectivity index (χ1v) is 13.2. The minimum Gasteiger partial charge on any atom is -0.462 e. The molecule has 0 aliphatic heterocycles. The van der Waals surface area contributed by atoms with Crippen LogP contribution in [0.25, 0.3) is 11.1 Å². The highest BCUT2D eigenvalue weighted by Crippen LogP contribution is 2.28. The highest BCUT2D eigenvalue weighted by molar-refractivity contribution is 6.03. The van der Waals surface area contributed by atoms with Crippen LogP contribution in [-0.4, -0.2) is 25.2 Å². The number of rotatable bonds is 17. The van der Waals surface area contributed by atoms with Gasteiger partial charge in [-0.05, 0) is 36.1 Å². The van der Waals surface area contributed by atoms with Crippen LogP contribution < -0.4 is 0 Å². The summed E-state index contributed by atoms with van der Waals surface area (Å²) in [6.07, 6.45) is 13.7. The molecule has 0 unspecified atom stereocenters. The Morgan fingerprint density at radius 1 is 0.529 bits per heavy atom. The zero-order chi connectivity index (χ0) is 24.4. The lowest BCUT2D eigenvalue weighted by atomic mass is 9.95. The Morgan fingerprint density at radius 2 is 0.882 bits per heavy atom. The highest BCUT2D eigenvalue weighted by Gasteiger charge is 2.19. The summed E-state index contributed by atoms with van der Waals surface area (Å²) < 4.78 is 11.1. The van der Waals surface area contributed by atoms with Crippen LogP contribution in [0.3, 0.4) is 0 Å². The normalized spacial score (nSPS) is 10.8. The largest absolute Gasteiger partial charge is 0.462 e. The SMILES string of the molecule is CCCCCCCCOC(=O)c1ccccc1-c1ccccc1C(=O)OCCCCCCCC. The van der Waals surface area contributed by atoms with Crippen LogP contribution in [0, 0.1) is 0 Å². The van der Waals surface area contributed by atoms with Gasteiger partial charge in [0, 0.05) is 0 Å². The van der Waals surface area contributed by atoms with Crippen molar-refractivity contribution in [3.05, 3.63) is 59.7 Å². The van der Waals surface area contributed by atoms with Crippen LogP contribution in [-0.2, 0) is 9.47 Å². The molecule has 0 fully saturated rings. The van der Waals surface area contributed by atoms with Crippen LogP contribution in [0.4, 0.5) is 0 Å². The van der Waals surface area contributed by atoms with E-state index >= 15 is 0 Å². The van der Waals surface area contributed by atoms with Crippen molar-refractivity contribution in [1.82, 2.24) is 0 Å². The van der Waals surface area contributed by atoms with Gasteiger partial charge in [0.25, 0.3) is 0 Å². The van der Waals surface area contributed by atoms with Crippen molar-refractivity contribution in [2.45, 2.75) is 90.9 Å². The van der Waals surface area contributed by atoms with Gasteiger partial charge < -0.3 is 9.47 Å². The minimum absolute atomic E-state index is 0.348. The Labute approximate surface area is 206 Å². The molecule has 0 aromatic heterocycles. The molecule has 4 nitrogen and oxygen atoms in total. The molecule has 0 saturated heterocycles. The van der Waals surface area contributed by atoms with Crippen molar-refractivity contribution < 1.29 is 19.1 Å². The molecule has 0 aliphatic rings. The monoisotopic (exact) mass is 466 g/mol. The summed E-state index contributed by atoms with van der Waals surface area (Å²) in [5, 5.41) is 0. The average molecular weight is 467 g/mol. The Hall–Kier alpha value is -2.62. The second-order valence-corrected chi connectivity index (χ2v) is 8.90. The number of benzene rings is 2. The van der Waals surface area contributed by atoms with Crippen molar-refractivity contribution in [1.29, 1.82) is 0 Å². The quantitative estimate of drug-likeness (QED) is 0.173. The molecule has 2 aromatic carbocycles. The van der Waals surface area contributed by atoms with E-state index in [-0.39, 0.29) is 11.9 Å². The first-order valence-electron chi connectivity index (χ1n) is 13.2. The first-order chi connectivity index (χ1) is 16.7. The minimum atomic E-state index is -0.348. The van der Waals surface area contributed by atoms with E-state index in [0.717, 1.165) is 25.7 Å². The zero-order valence-corrected chi connectivity index (χ0v) is 21.2. The summed E-state index contributed by atoms with van der Waals surface area (Å²) in [5.74, 6) is -0.696. The van der Waals surface area contributed by atoms with E-state index in [2.05, 4.69) is 13.8 Å². The van der Waals surface area contributed by atoms with Crippen molar-refractivity contribution in [2.24, 2.45) is 0 Å². The van der Waals surface area contributed by atoms with E-state index in [9.17, 15) is 9.59 Å². The predicted molar refractivity (Wildman–Crippen MR) is 139 cm³/mol. The maximum Gasteiger partial charge on any atom is 0.338 e. The van der Waals surface area contributed by atoms with Crippen molar-refractivity contribution in [3.63, 3.8) is 0 Å². The summed E-state index contributed by atoms with van der Waals surface area (Å²) in [5.41, 5.74) is 2.35. The highest BCUT2D eigenvalue weighted by atomic mass is 16.5. The van der Waals surface area contributed by atoms with Gasteiger partial charge in [-0.25, -0.2) is 9.59 Å². The van der Waals surface area contributed by atoms with Gasteiger partial charge in [-0.15, -0.1) is 0 Å². The molecule has 0 spiro atoms. The van der Waals surface area contributed by atoms with Crippen LogP contribution in [0.5, 0.6) is 0 Å². The summed E-state index contributed by atoms with van der Waals surface area (Å²) >= 11 is 0. The number of ether oxygens (including phenoxy) is 2. The van der Waals surface area contributed by atoms with E-state index in [0.29, 0.717) is 35.5 Å². The lowest BCUT2D eigenvalue weighted by Crippen LogP contribution is -2.11. The number of esters is 2. The molecular weight excluding hydrogens is 424 g/mol. The van der Waals surface area contributed by atoms with Gasteiger partial charge in [0.05, 0.1) is 24.3 Å². The third-order valence-corrected chi connectivity index (χ3v) is 6.05. The number of hydrogen-bond acceptors (Lipinski definition) is 4. The zero-order valence-electron chi connectivity index (χ0n) is 21.2. The van der Waals surface area contributed by atoms with Crippen molar-refractivity contribution in [2.75, 3.05) is 13.2 Å². The van der Waals surface area contributed by atoms with Gasteiger partial charge in [0.15, 0.2) is 0 Å². The van der Waals surface area contributed by atoms with E-state index in [1.165, 1.54) is 51.4 Å². The second kappa shape index (κ2) is 16.9. The Bertz CT molecular complexity index is 787.